The highest BCUT2D eigenvalue weighted by Gasteiger charge is 2.27. The quantitative estimate of drug-likeness (QED) is 0.854. The van der Waals surface area contributed by atoms with Crippen LogP contribution < -0.4 is 0 Å². The topological polar surface area (TPSA) is 88.8 Å². The molecule has 0 radical (unpaired) electrons. The van der Waals surface area contributed by atoms with E-state index in [0.29, 0.717) is 32.7 Å². The smallest absolute Gasteiger partial charge is 0.352 e. The van der Waals surface area contributed by atoms with Crippen molar-refractivity contribution in [1.82, 2.24) is 8.87 Å². The highest BCUT2D eigenvalue weighted by Crippen LogP contribution is 2.19. The van der Waals surface area contributed by atoms with Crippen LogP contribution in [0.25, 0.3) is 0 Å². The zero-order valence-corrected chi connectivity index (χ0v) is 11.4. The van der Waals surface area contributed by atoms with Crippen molar-refractivity contribution in [2.75, 3.05) is 26.3 Å². The second kappa shape index (κ2) is 5.32. The third-order valence-corrected chi connectivity index (χ3v) is 4.88. The van der Waals surface area contributed by atoms with Gasteiger partial charge in [-0.15, -0.1) is 0 Å². The number of ether oxygens (including phenoxy) is 1. The molecular weight excluding hydrogens is 272 g/mol. The van der Waals surface area contributed by atoms with Gasteiger partial charge in [-0.05, 0) is 12.5 Å². The standard InChI is InChI=1S/C11H16N2O5S/c1-12-8-9(7-10(12)11(14)15)19(16,17)13-3-2-5-18-6-4-13/h7-8H,2-6H2,1H3,(H,14,15). The van der Waals surface area contributed by atoms with Crippen molar-refractivity contribution < 1.29 is 23.1 Å². The third-order valence-electron chi connectivity index (χ3n) is 3.02. The number of carboxylic acids is 1. The number of nitrogens with zero attached hydrogens (tertiary/aromatic N) is 2. The molecule has 1 N–H and O–H groups in total. The number of sulfonamides is 1. The molecule has 0 saturated carbocycles. The molecule has 8 heteroatoms. The van der Waals surface area contributed by atoms with Crippen LogP contribution >= 0.6 is 0 Å². The summed E-state index contributed by atoms with van der Waals surface area (Å²) in [6.07, 6.45) is 1.96. The predicted molar refractivity (Wildman–Crippen MR) is 66.6 cm³/mol. The lowest BCUT2D eigenvalue weighted by molar-refractivity contribution is 0.0686. The van der Waals surface area contributed by atoms with E-state index in [-0.39, 0.29) is 10.6 Å². The van der Waals surface area contributed by atoms with E-state index in [1.807, 2.05) is 0 Å². The Balaban J connectivity index is 2.33. The van der Waals surface area contributed by atoms with E-state index in [1.165, 1.54) is 28.2 Å². The fourth-order valence-corrected chi connectivity index (χ4v) is 3.53. The summed E-state index contributed by atoms with van der Waals surface area (Å²) in [6, 6.07) is 1.18. The molecule has 1 aromatic rings. The Labute approximate surface area is 111 Å². The molecule has 2 heterocycles. The SMILES string of the molecule is Cn1cc(S(=O)(=O)N2CCCOCC2)cc1C(=O)O. The second-order valence-electron chi connectivity index (χ2n) is 4.35. The minimum Gasteiger partial charge on any atom is -0.477 e. The molecule has 2 rings (SSSR count). The number of rotatable bonds is 3. The molecule has 1 aliphatic rings. The number of carbonyl (C=O) groups is 1. The van der Waals surface area contributed by atoms with Crippen molar-refractivity contribution in [2.45, 2.75) is 11.3 Å². The maximum Gasteiger partial charge on any atom is 0.352 e. The zero-order valence-electron chi connectivity index (χ0n) is 10.6. The Kier molecular flexibility index (Phi) is 3.93. The summed E-state index contributed by atoms with van der Waals surface area (Å²) in [5.74, 6) is -1.15. The van der Waals surface area contributed by atoms with Gasteiger partial charge in [0.2, 0.25) is 10.0 Å². The van der Waals surface area contributed by atoms with Gasteiger partial charge in [-0.1, -0.05) is 0 Å². The molecule has 0 amide bonds. The van der Waals surface area contributed by atoms with E-state index in [1.54, 1.807) is 0 Å². The van der Waals surface area contributed by atoms with Crippen LogP contribution in [0.5, 0.6) is 0 Å². The highest BCUT2D eigenvalue weighted by molar-refractivity contribution is 7.89. The number of aryl methyl sites for hydroxylation is 1. The summed E-state index contributed by atoms with van der Waals surface area (Å²) in [6.45, 7) is 1.58. The van der Waals surface area contributed by atoms with Gasteiger partial charge in [0.1, 0.15) is 10.6 Å². The highest BCUT2D eigenvalue weighted by atomic mass is 32.2. The molecule has 0 aliphatic carbocycles. The predicted octanol–water partition coefficient (Wildman–Crippen LogP) is 0.134. The lowest BCUT2D eigenvalue weighted by atomic mass is 10.4. The second-order valence-corrected chi connectivity index (χ2v) is 6.29. The Morgan fingerprint density at radius 3 is 2.74 bits per heavy atom. The summed E-state index contributed by atoms with van der Waals surface area (Å²) in [7, 11) is -2.14. The Morgan fingerprint density at radius 1 is 1.37 bits per heavy atom. The Morgan fingerprint density at radius 2 is 2.11 bits per heavy atom. The molecule has 1 aliphatic heterocycles. The van der Waals surface area contributed by atoms with Crippen LogP contribution in [0.1, 0.15) is 16.9 Å². The molecule has 19 heavy (non-hydrogen) atoms. The molecule has 7 nitrogen and oxygen atoms in total. The average Bonchev–Trinajstić information content (AvgIpc) is 2.58. The fourth-order valence-electron chi connectivity index (χ4n) is 2.00. The fraction of sp³-hybridized carbons (Fsp3) is 0.545. The van der Waals surface area contributed by atoms with Crippen LogP contribution in [0, 0.1) is 0 Å². The van der Waals surface area contributed by atoms with Gasteiger partial charge in [-0.3, -0.25) is 0 Å². The lowest BCUT2D eigenvalue weighted by Crippen LogP contribution is -2.33. The number of hydrogen-bond acceptors (Lipinski definition) is 4. The van der Waals surface area contributed by atoms with Crippen molar-refractivity contribution >= 4 is 16.0 Å². The Hall–Kier alpha value is -1.38. The molecule has 0 spiro atoms. The number of carboxylic acid groups (broad SMARTS) is 1. The third kappa shape index (κ3) is 2.80. The zero-order chi connectivity index (χ0) is 14.0. The van der Waals surface area contributed by atoms with Crippen LogP contribution in [0.4, 0.5) is 0 Å². The van der Waals surface area contributed by atoms with E-state index in [9.17, 15) is 13.2 Å². The monoisotopic (exact) mass is 288 g/mol. The average molecular weight is 288 g/mol. The largest absolute Gasteiger partial charge is 0.477 e. The molecule has 0 bridgehead atoms. The number of aromatic carboxylic acids is 1. The van der Waals surface area contributed by atoms with E-state index in [0.717, 1.165) is 0 Å². The normalized spacial score (nSPS) is 18.2. The molecule has 0 unspecified atom stereocenters. The van der Waals surface area contributed by atoms with E-state index in [2.05, 4.69) is 0 Å². The van der Waals surface area contributed by atoms with Gasteiger partial charge in [0.05, 0.1) is 6.61 Å². The molecule has 1 aromatic heterocycles. The summed E-state index contributed by atoms with van der Waals surface area (Å²) in [5, 5.41) is 8.95. The molecular formula is C11H16N2O5S. The summed E-state index contributed by atoms with van der Waals surface area (Å²) >= 11 is 0. The number of hydrogen-bond donors (Lipinski definition) is 1. The van der Waals surface area contributed by atoms with Gasteiger partial charge in [-0.25, -0.2) is 13.2 Å². The first-order valence-electron chi connectivity index (χ1n) is 5.90. The van der Waals surface area contributed by atoms with E-state index >= 15 is 0 Å². The lowest BCUT2D eigenvalue weighted by Gasteiger charge is -2.18. The van der Waals surface area contributed by atoms with Gasteiger partial charge >= 0.3 is 5.97 Å². The molecule has 106 valence electrons. The maximum absolute atomic E-state index is 12.4. The van der Waals surface area contributed by atoms with Gasteiger partial charge in [0.25, 0.3) is 0 Å². The summed E-state index contributed by atoms with van der Waals surface area (Å²) < 4.78 is 32.6. The first-order valence-corrected chi connectivity index (χ1v) is 7.34. The molecule has 0 aromatic carbocycles. The first-order chi connectivity index (χ1) is 8.93. The molecule has 0 atom stereocenters. The Bertz CT molecular complexity index is 570. The first kappa shape index (κ1) is 14.0. The van der Waals surface area contributed by atoms with Gasteiger partial charge in [0.15, 0.2) is 0 Å². The van der Waals surface area contributed by atoms with Crippen molar-refractivity contribution in [2.24, 2.45) is 7.05 Å². The van der Waals surface area contributed by atoms with Crippen LogP contribution in [0.2, 0.25) is 0 Å². The van der Waals surface area contributed by atoms with Crippen molar-refractivity contribution in [1.29, 1.82) is 0 Å². The minimum atomic E-state index is -3.65. The summed E-state index contributed by atoms with van der Waals surface area (Å²) in [5.41, 5.74) is -0.0513. The van der Waals surface area contributed by atoms with Crippen LogP contribution in [-0.4, -0.2) is 54.7 Å². The van der Waals surface area contributed by atoms with Crippen LogP contribution in [-0.2, 0) is 21.8 Å². The van der Waals surface area contributed by atoms with Crippen LogP contribution in [0.15, 0.2) is 17.2 Å². The van der Waals surface area contributed by atoms with Crippen molar-refractivity contribution in [3.05, 3.63) is 18.0 Å². The van der Waals surface area contributed by atoms with E-state index in [4.69, 9.17) is 9.84 Å². The van der Waals surface area contributed by atoms with Crippen molar-refractivity contribution in [3.63, 3.8) is 0 Å². The van der Waals surface area contributed by atoms with Gasteiger partial charge in [0, 0.05) is 32.9 Å². The van der Waals surface area contributed by atoms with Crippen molar-refractivity contribution in [3.8, 4) is 0 Å². The number of aromatic nitrogens is 1. The van der Waals surface area contributed by atoms with Gasteiger partial charge in [-0.2, -0.15) is 4.31 Å². The minimum absolute atomic E-state index is 0.00861. The van der Waals surface area contributed by atoms with Crippen LogP contribution in [0.3, 0.4) is 0 Å². The maximum atomic E-state index is 12.4. The molecule has 1 saturated heterocycles. The summed E-state index contributed by atoms with van der Waals surface area (Å²) in [4.78, 5) is 11.0. The molecule has 1 fully saturated rings. The van der Waals surface area contributed by atoms with Gasteiger partial charge < -0.3 is 14.4 Å². The van der Waals surface area contributed by atoms with E-state index < -0.39 is 16.0 Å².